The molecule has 9 rings (SSSR count). The Labute approximate surface area is 222 Å². The van der Waals surface area contributed by atoms with Gasteiger partial charge >= 0.3 is 0 Å². The van der Waals surface area contributed by atoms with Gasteiger partial charge in [0.2, 0.25) is 0 Å². The van der Waals surface area contributed by atoms with Crippen LogP contribution >= 0.6 is 0 Å². The zero-order chi connectivity index (χ0) is 25.5. The molecule has 0 unspecified atom stereocenters. The molecule has 6 aromatic carbocycles. The molecule has 182 valence electrons. The van der Waals surface area contributed by atoms with Crippen LogP contribution in [0.25, 0.3) is 88.1 Å². The molecule has 0 atom stereocenters. The molecular formula is C36H20O3. The van der Waals surface area contributed by atoms with Crippen molar-refractivity contribution in [2.75, 3.05) is 0 Å². The lowest BCUT2D eigenvalue weighted by Crippen LogP contribution is -1.78. The van der Waals surface area contributed by atoms with E-state index in [0.717, 1.165) is 82.5 Å². The highest BCUT2D eigenvalue weighted by Crippen LogP contribution is 2.40. The van der Waals surface area contributed by atoms with Crippen molar-refractivity contribution in [1.29, 1.82) is 0 Å². The standard InChI is InChI=1S/C36H20O3/c1-2-6-21(7-3-1)24-10-13-26-29-18-22(11-16-32(29)37-34(26)20-24)23-12-17-33-30(19-23)28-15-14-27-25-8-4-5-9-31(25)38-35(27)36(28)39-33/h1-20H. The largest absolute Gasteiger partial charge is 0.456 e. The molecule has 0 bridgehead atoms. The van der Waals surface area contributed by atoms with Crippen LogP contribution in [0.1, 0.15) is 0 Å². The van der Waals surface area contributed by atoms with Gasteiger partial charge in [-0.15, -0.1) is 0 Å². The minimum absolute atomic E-state index is 0.793. The molecule has 3 heteroatoms. The van der Waals surface area contributed by atoms with E-state index in [2.05, 4.69) is 97.1 Å². The van der Waals surface area contributed by atoms with Gasteiger partial charge in [-0.2, -0.15) is 0 Å². The molecule has 39 heavy (non-hydrogen) atoms. The van der Waals surface area contributed by atoms with Gasteiger partial charge in [0.15, 0.2) is 11.2 Å². The zero-order valence-electron chi connectivity index (χ0n) is 20.8. The summed E-state index contributed by atoms with van der Waals surface area (Å²) >= 11 is 0. The Morgan fingerprint density at radius 3 is 1.56 bits per heavy atom. The summed E-state index contributed by atoms with van der Waals surface area (Å²) in [6.45, 7) is 0. The lowest BCUT2D eigenvalue weighted by atomic mass is 9.99. The summed E-state index contributed by atoms with van der Waals surface area (Å²) < 4.78 is 18.8. The van der Waals surface area contributed by atoms with Gasteiger partial charge in [-0.1, -0.05) is 66.7 Å². The van der Waals surface area contributed by atoms with Crippen LogP contribution in [-0.2, 0) is 0 Å². The van der Waals surface area contributed by atoms with E-state index in [4.69, 9.17) is 13.3 Å². The van der Waals surface area contributed by atoms with Gasteiger partial charge in [-0.3, -0.25) is 0 Å². The summed E-state index contributed by atoms with van der Waals surface area (Å²) in [6.07, 6.45) is 0. The maximum absolute atomic E-state index is 6.34. The third-order valence-corrected chi connectivity index (χ3v) is 7.89. The number of rotatable bonds is 2. The normalized spacial score (nSPS) is 12.1. The average molecular weight is 501 g/mol. The second-order valence-electron chi connectivity index (χ2n) is 10.1. The van der Waals surface area contributed by atoms with Crippen molar-refractivity contribution in [2.24, 2.45) is 0 Å². The second kappa shape index (κ2) is 7.62. The van der Waals surface area contributed by atoms with E-state index in [9.17, 15) is 0 Å². The predicted molar refractivity (Wildman–Crippen MR) is 159 cm³/mol. The summed E-state index contributed by atoms with van der Waals surface area (Å²) in [7, 11) is 0. The molecule has 9 aromatic rings. The van der Waals surface area contributed by atoms with E-state index in [-0.39, 0.29) is 0 Å². The minimum Gasteiger partial charge on any atom is -0.456 e. The highest BCUT2D eigenvalue weighted by Gasteiger charge is 2.17. The van der Waals surface area contributed by atoms with Crippen molar-refractivity contribution in [3.8, 4) is 22.3 Å². The third-order valence-electron chi connectivity index (χ3n) is 7.89. The van der Waals surface area contributed by atoms with Gasteiger partial charge in [0.25, 0.3) is 0 Å². The molecule has 0 N–H and O–H groups in total. The molecule has 3 heterocycles. The van der Waals surface area contributed by atoms with Crippen LogP contribution in [0.2, 0.25) is 0 Å². The Kier molecular flexibility index (Phi) is 4.05. The first-order chi connectivity index (χ1) is 19.3. The first-order valence-electron chi connectivity index (χ1n) is 13.1. The summed E-state index contributed by atoms with van der Waals surface area (Å²) in [5.74, 6) is 0. The number of hydrogen-bond donors (Lipinski definition) is 0. The van der Waals surface area contributed by atoms with Crippen LogP contribution in [0, 0.1) is 0 Å². The molecule has 0 aliphatic carbocycles. The first-order valence-corrected chi connectivity index (χ1v) is 13.1. The van der Waals surface area contributed by atoms with Crippen molar-refractivity contribution < 1.29 is 13.3 Å². The molecule has 3 aromatic heterocycles. The maximum atomic E-state index is 6.34. The summed E-state index contributed by atoms with van der Waals surface area (Å²) in [4.78, 5) is 0. The van der Waals surface area contributed by atoms with Crippen molar-refractivity contribution in [3.05, 3.63) is 121 Å². The number of hydrogen-bond acceptors (Lipinski definition) is 3. The third kappa shape index (κ3) is 2.98. The highest BCUT2D eigenvalue weighted by atomic mass is 16.4. The number of benzene rings is 6. The van der Waals surface area contributed by atoms with Crippen LogP contribution < -0.4 is 0 Å². The fourth-order valence-corrected chi connectivity index (χ4v) is 5.96. The zero-order valence-corrected chi connectivity index (χ0v) is 20.8. The van der Waals surface area contributed by atoms with E-state index in [1.54, 1.807) is 0 Å². The Bertz CT molecular complexity index is 2380. The van der Waals surface area contributed by atoms with Gasteiger partial charge in [-0.05, 0) is 76.9 Å². The van der Waals surface area contributed by atoms with E-state index in [1.807, 2.05) is 24.3 Å². The van der Waals surface area contributed by atoms with Crippen molar-refractivity contribution in [3.63, 3.8) is 0 Å². The first kappa shape index (κ1) is 20.7. The molecular weight excluding hydrogens is 480 g/mol. The molecule has 0 aliphatic rings. The van der Waals surface area contributed by atoms with Crippen molar-refractivity contribution >= 4 is 65.8 Å². The van der Waals surface area contributed by atoms with Crippen LogP contribution in [0.15, 0.2) is 135 Å². The molecule has 3 nitrogen and oxygen atoms in total. The van der Waals surface area contributed by atoms with Crippen LogP contribution in [0.5, 0.6) is 0 Å². The van der Waals surface area contributed by atoms with Gasteiger partial charge < -0.3 is 13.3 Å². The van der Waals surface area contributed by atoms with E-state index < -0.39 is 0 Å². The Balaban J connectivity index is 1.20. The second-order valence-corrected chi connectivity index (χ2v) is 10.1. The highest BCUT2D eigenvalue weighted by molar-refractivity contribution is 6.19. The molecule has 0 aliphatic heterocycles. The quantitative estimate of drug-likeness (QED) is 0.237. The van der Waals surface area contributed by atoms with Crippen molar-refractivity contribution in [1.82, 2.24) is 0 Å². The Morgan fingerprint density at radius 1 is 0.282 bits per heavy atom. The van der Waals surface area contributed by atoms with E-state index in [1.165, 1.54) is 5.56 Å². The number of para-hydroxylation sites is 1. The maximum Gasteiger partial charge on any atom is 0.178 e. The fraction of sp³-hybridized carbons (Fsp3) is 0. The lowest BCUT2D eigenvalue weighted by molar-refractivity contribution is 0.633. The van der Waals surface area contributed by atoms with Gasteiger partial charge in [0.1, 0.15) is 22.3 Å². The summed E-state index contributed by atoms with van der Waals surface area (Å²) in [5, 5.41) is 6.55. The van der Waals surface area contributed by atoms with Gasteiger partial charge in [-0.25, -0.2) is 0 Å². The molecule has 0 saturated heterocycles. The van der Waals surface area contributed by atoms with Crippen LogP contribution in [-0.4, -0.2) is 0 Å². The predicted octanol–water partition coefficient (Wildman–Crippen LogP) is 10.7. The molecule has 0 fully saturated rings. The fourth-order valence-electron chi connectivity index (χ4n) is 5.96. The van der Waals surface area contributed by atoms with Gasteiger partial charge in [0.05, 0.1) is 0 Å². The Hall–Kier alpha value is -5.28. The number of furan rings is 3. The molecule has 0 saturated carbocycles. The molecule has 0 radical (unpaired) electrons. The Morgan fingerprint density at radius 2 is 0.795 bits per heavy atom. The number of fused-ring (bicyclic) bond motifs is 10. The SMILES string of the molecule is c1ccc(-c2ccc3c(c2)oc2ccc(-c4ccc5oc6c(ccc7c8ccccc8oc76)c5c4)cc23)cc1. The monoisotopic (exact) mass is 500 g/mol. The molecule has 0 amide bonds. The van der Waals surface area contributed by atoms with Gasteiger partial charge in [0, 0.05) is 32.3 Å². The topological polar surface area (TPSA) is 39.4 Å². The van der Waals surface area contributed by atoms with E-state index >= 15 is 0 Å². The minimum atomic E-state index is 0.793. The van der Waals surface area contributed by atoms with E-state index in [0.29, 0.717) is 0 Å². The average Bonchev–Trinajstić information content (AvgIpc) is 3.67. The molecule has 0 spiro atoms. The van der Waals surface area contributed by atoms with Crippen molar-refractivity contribution in [2.45, 2.75) is 0 Å². The smallest absolute Gasteiger partial charge is 0.178 e. The lowest BCUT2D eigenvalue weighted by Gasteiger charge is -2.03. The summed E-state index contributed by atoms with van der Waals surface area (Å²) in [6, 6.07) is 42.1. The van der Waals surface area contributed by atoms with Crippen LogP contribution in [0.3, 0.4) is 0 Å². The summed E-state index contributed by atoms with van der Waals surface area (Å²) in [5.41, 5.74) is 9.71. The van der Waals surface area contributed by atoms with Crippen LogP contribution in [0.4, 0.5) is 0 Å².